The van der Waals surface area contributed by atoms with Crippen LogP contribution in [0.2, 0.25) is 0 Å². The number of piperidine rings is 1. The lowest BCUT2D eigenvalue weighted by Crippen LogP contribution is -2.45. The quantitative estimate of drug-likeness (QED) is 0.859. The van der Waals surface area contributed by atoms with Crippen LogP contribution in [0.15, 0.2) is 0 Å². The van der Waals surface area contributed by atoms with Crippen LogP contribution in [-0.4, -0.2) is 46.4 Å². The largest absolute Gasteiger partial charge is 0.340 e. The van der Waals surface area contributed by atoms with Crippen LogP contribution in [0.5, 0.6) is 0 Å². The molecule has 4 nitrogen and oxygen atoms in total. The van der Waals surface area contributed by atoms with Crippen molar-refractivity contribution in [1.82, 2.24) is 14.8 Å². The lowest BCUT2D eigenvalue weighted by Gasteiger charge is -2.36. The van der Waals surface area contributed by atoms with E-state index in [1.54, 1.807) is 4.88 Å². The molecule has 0 saturated carbocycles. The first kappa shape index (κ1) is 14.6. The van der Waals surface area contributed by atoms with Gasteiger partial charge in [-0.05, 0) is 44.9 Å². The molecule has 0 unspecified atom stereocenters. The van der Waals surface area contributed by atoms with E-state index in [0.717, 1.165) is 51.9 Å². The Labute approximate surface area is 136 Å². The third kappa shape index (κ3) is 2.93. The van der Waals surface area contributed by atoms with Crippen LogP contribution >= 0.6 is 11.3 Å². The van der Waals surface area contributed by atoms with Crippen LogP contribution in [0.25, 0.3) is 0 Å². The number of carbonyl (C=O) groups excluding carboxylic acids is 1. The molecule has 0 spiro atoms. The van der Waals surface area contributed by atoms with E-state index in [1.807, 2.05) is 11.3 Å². The molecule has 2 aliphatic heterocycles. The van der Waals surface area contributed by atoms with E-state index in [1.165, 1.54) is 36.4 Å². The second-order valence-corrected chi connectivity index (χ2v) is 8.05. The van der Waals surface area contributed by atoms with Gasteiger partial charge < -0.3 is 4.90 Å². The molecule has 1 aromatic rings. The Morgan fingerprint density at radius 2 is 1.86 bits per heavy atom. The highest BCUT2D eigenvalue weighted by Gasteiger charge is 2.30. The fourth-order valence-corrected chi connectivity index (χ4v) is 5.31. The molecule has 4 rings (SSSR count). The number of fused-ring (bicyclic) bond motifs is 1. The van der Waals surface area contributed by atoms with Crippen molar-refractivity contribution in [3.63, 3.8) is 0 Å². The van der Waals surface area contributed by atoms with Gasteiger partial charge in [-0.1, -0.05) is 0 Å². The van der Waals surface area contributed by atoms with Gasteiger partial charge in [-0.15, -0.1) is 11.3 Å². The summed E-state index contributed by atoms with van der Waals surface area (Å²) < 4.78 is 0. The maximum Gasteiger partial charge on any atom is 0.222 e. The monoisotopic (exact) mass is 319 g/mol. The first-order valence-electron chi connectivity index (χ1n) is 8.79. The van der Waals surface area contributed by atoms with E-state index in [4.69, 9.17) is 4.98 Å². The smallest absolute Gasteiger partial charge is 0.222 e. The number of rotatable bonds is 3. The Hall–Kier alpha value is -0.940. The summed E-state index contributed by atoms with van der Waals surface area (Å²) in [6.45, 7) is 4.22. The van der Waals surface area contributed by atoms with Crippen molar-refractivity contribution in [2.24, 2.45) is 0 Å². The van der Waals surface area contributed by atoms with Gasteiger partial charge in [0.2, 0.25) is 5.91 Å². The van der Waals surface area contributed by atoms with Gasteiger partial charge in [0.05, 0.1) is 12.2 Å². The SMILES string of the molecule is O=C1CCCN1C1CCN(Cc2nc3c(s2)CCCC3)CC1. The molecule has 3 aliphatic rings. The fraction of sp³-hybridized carbons (Fsp3) is 0.765. The summed E-state index contributed by atoms with van der Waals surface area (Å²) in [5.41, 5.74) is 1.38. The van der Waals surface area contributed by atoms with Crippen molar-refractivity contribution in [2.75, 3.05) is 19.6 Å². The molecule has 0 N–H and O–H groups in total. The maximum absolute atomic E-state index is 11.9. The summed E-state index contributed by atoms with van der Waals surface area (Å²) >= 11 is 1.94. The third-order valence-electron chi connectivity index (χ3n) is 5.36. The van der Waals surface area contributed by atoms with Crippen molar-refractivity contribution in [1.29, 1.82) is 0 Å². The van der Waals surface area contributed by atoms with E-state index in [9.17, 15) is 4.79 Å². The second kappa shape index (κ2) is 6.28. The molecule has 0 bridgehead atoms. The molecule has 2 saturated heterocycles. The summed E-state index contributed by atoms with van der Waals surface area (Å²) in [4.78, 5) is 22.9. The zero-order valence-corrected chi connectivity index (χ0v) is 14.0. The predicted octanol–water partition coefficient (Wildman–Crippen LogP) is 2.61. The highest BCUT2D eigenvalue weighted by atomic mass is 32.1. The Kier molecular flexibility index (Phi) is 4.18. The number of carbonyl (C=O) groups is 1. The number of aromatic nitrogens is 1. The average molecular weight is 319 g/mol. The molecule has 2 fully saturated rings. The van der Waals surface area contributed by atoms with Gasteiger partial charge in [-0.2, -0.15) is 0 Å². The minimum atomic E-state index is 0.381. The van der Waals surface area contributed by atoms with E-state index in [2.05, 4.69) is 9.80 Å². The summed E-state index contributed by atoms with van der Waals surface area (Å²) in [5.74, 6) is 0.381. The zero-order chi connectivity index (χ0) is 14.9. The first-order valence-corrected chi connectivity index (χ1v) is 9.60. The normalized spacial score (nSPS) is 24.0. The molecule has 0 aromatic carbocycles. The maximum atomic E-state index is 11.9. The molecule has 120 valence electrons. The van der Waals surface area contributed by atoms with Gasteiger partial charge in [0.1, 0.15) is 5.01 Å². The molecule has 22 heavy (non-hydrogen) atoms. The molecule has 0 radical (unpaired) electrons. The van der Waals surface area contributed by atoms with Crippen LogP contribution in [-0.2, 0) is 24.2 Å². The Bertz CT molecular complexity index is 525. The van der Waals surface area contributed by atoms with E-state index in [-0.39, 0.29) is 0 Å². The molecule has 5 heteroatoms. The first-order chi connectivity index (χ1) is 10.8. The highest BCUT2D eigenvalue weighted by Crippen LogP contribution is 2.28. The van der Waals surface area contributed by atoms with E-state index < -0.39 is 0 Å². The van der Waals surface area contributed by atoms with Gasteiger partial charge in [0, 0.05) is 37.0 Å². The van der Waals surface area contributed by atoms with Crippen molar-refractivity contribution < 1.29 is 4.79 Å². The van der Waals surface area contributed by atoms with Crippen LogP contribution in [0.4, 0.5) is 0 Å². The van der Waals surface area contributed by atoms with E-state index >= 15 is 0 Å². The Morgan fingerprint density at radius 1 is 1.05 bits per heavy atom. The van der Waals surface area contributed by atoms with Crippen molar-refractivity contribution in [3.05, 3.63) is 15.6 Å². The zero-order valence-electron chi connectivity index (χ0n) is 13.2. The second-order valence-electron chi connectivity index (χ2n) is 6.88. The van der Waals surface area contributed by atoms with Gasteiger partial charge in [0.15, 0.2) is 0 Å². The topological polar surface area (TPSA) is 36.4 Å². The molecule has 1 aromatic heterocycles. The predicted molar refractivity (Wildman–Crippen MR) is 88.0 cm³/mol. The number of aryl methyl sites for hydroxylation is 2. The van der Waals surface area contributed by atoms with Crippen LogP contribution in [0.3, 0.4) is 0 Å². The third-order valence-corrected chi connectivity index (χ3v) is 6.50. The summed E-state index contributed by atoms with van der Waals surface area (Å²) in [7, 11) is 0. The molecule has 1 aliphatic carbocycles. The number of hydrogen-bond acceptors (Lipinski definition) is 4. The molecule has 1 amide bonds. The molecule has 0 atom stereocenters. The van der Waals surface area contributed by atoms with Gasteiger partial charge in [-0.3, -0.25) is 9.69 Å². The Balaban J connectivity index is 1.32. The number of likely N-dealkylation sites (tertiary alicyclic amines) is 2. The van der Waals surface area contributed by atoms with Crippen LogP contribution in [0, 0.1) is 0 Å². The minimum Gasteiger partial charge on any atom is -0.340 e. The lowest BCUT2D eigenvalue weighted by molar-refractivity contribution is -0.130. The lowest BCUT2D eigenvalue weighted by atomic mass is 10.0. The van der Waals surface area contributed by atoms with Gasteiger partial charge in [-0.25, -0.2) is 4.98 Å². The minimum absolute atomic E-state index is 0.381. The summed E-state index contributed by atoms with van der Waals surface area (Å²) in [6, 6.07) is 0.496. The number of hydrogen-bond donors (Lipinski definition) is 0. The number of thiazole rings is 1. The Morgan fingerprint density at radius 3 is 2.59 bits per heavy atom. The summed E-state index contributed by atoms with van der Waals surface area (Å²) in [5, 5.41) is 1.31. The molecule has 3 heterocycles. The average Bonchev–Trinajstić information content (AvgIpc) is 3.13. The molecular weight excluding hydrogens is 294 g/mol. The van der Waals surface area contributed by atoms with Gasteiger partial charge >= 0.3 is 0 Å². The van der Waals surface area contributed by atoms with Crippen molar-refractivity contribution in [3.8, 4) is 0 Å². The van der Waals surface area contributed by atoms with E-state index in [0.29, 0.717) is 11.9 Å². The van der Waals surface area contributed by atoms with Crippen LogP contribution in [0.1, 0.15) is 54.1 Å². The van der Waals surface area contributed by atoms with Crippen molar-refractivity contribution in [2.45, 2.75) is 64.0 Å². The van der Waals surface area contributed by atoms with Gasteiger partial charge in [0.25, 0.3) is 0 Å². The molecular formula is C17H25N3OS. The van der Waals surface area contributed by atoms with Crippen LogP contribution < -0.4 is 0 Å². The summed E-state index contributed by atoms with van der Waals surface area (Å²) in [6.07, 6.45) is 9.18. The highest BCUT2D eigenvalue weighted by molar-refractivity contribution is 7.11. The fourth-order valence-electron chi connectivity index (χ4n) is 4.11. The number of amides is 1. The van der Waals surface area contributed by atoms with Crippen molar-refractivity contribution >= 4 is 17.2 Å². The number of nitrogens with zero attached hydrogens (tertiary/aromatic N) is 3. The standard InChI is InChI=1S/C17H25N3OS/c21-17-6-3-9-20(17)13-7-10-19(11-8-13)12-16-18-14-4-1-2-5-15(14)22-16/h13H,1-12H2.